The Bertz CT molecular complexity index is 271. The van der Waals surface area contributed by atoms with E-state index < -0.39 is 0 Å². The fourth-order valence-corrected chi connectivity index (χ4v) is 1.38. The summed E-state index contributed by atoms with van der Waals surface area (Å²) in [5.41, 5.74) is 5.50. The van der Waals surface area contributed by atoms with Crippen molar-refractivity contribution >= 4 is 0 Å². The first-order valence-corrected chi connectivity index (χ1v) is 5.52. The van der Waals surface area contributed by atoms with E-state index in [9.17, 15) is 0 Å². The van der Waals surface area contributed by atoms with Crippen molar-refractivity contribution in [2.45, 2.75) is 26.8 Å². The van der Waals surface area contributed by atoms with Crippen molar-refractivity contribution in [2.75, 3.05) is 19.8 Å². The highest BCUT2D eigenvalue weighted by Gasteiger charge is 2.01. The zero-order chi connectivity index (χ0) is 11.1. The number of ether oxygens (including phenoxy) is 1. The molecule has 0 bridgehead atoms. The van der Waals surface area contributed by atoms with Gasteiger partial charge in [0.1, 0.15) is 5.82 Å². The molecule has 1 heterocycles. The third kappa shape index (κ3) is 4.44. The summed E-state index contributed by atoms with van der Waals surface area (Å²) >= 11 is 0. The first kappa shape index (κ1) is 12.2. The fraction of sp³-hybridized carbons (Fsp3) is 0.727. The number of rotatable bonds is 7. The van der Waals surface area contributed by atoms with Crippen LogP contribution in [0.1, 0.15) is 19.7 Å². The summed E-state index contributed by atoms with van der Waals surface area (Å²) in [5, 5.41) is 0. The molecule has 0 aliphatic heterocycles. The minimum atomic E-state index is 0.594. The summed E-state index contributed by atoms with van der Waals surface area (Å²) in [6, 6.07) is 0. The topological polar surface area (TPSA) is 53.1 Å². The highest BCUT2D eigenvalue weighted by atomic mass is 16.5. The molecule has 0 saturated heterocycles. The van der Waals surface area contributed by atoms with Crippen LogP contribution in [0, 0.1) is 5.92 Å². The molecule has 2 N–H and O–H groups in total. The van der Waals surface area contributed by atoms with Gasteiger partial charge in [-0.05, 0) is 12.5 Å². The van der Waals surface area contributed by atoms with Crippen molar-refractivity contribution in [2.24, 2.45) is 11.7 Å². The van der Waals surface area contributed by atoms with Crippen LogP contribution in [0.3, 0.4) is 0 Å². The maximum atomic E-state index is 5.52. The molecule has 0 aliphatic rings. The predicted octanol–water partition coefficient (Wildman–Crippen LogP) is 1.06. The molecule has 0 radical (unpaired) electrons. The zero-order valence-corrected chi connectivity index (χ0v) is 9.65. The van der Waals surface area contributed by atoms with Gasteiger partial charge in [-0.15, -0.1) is 0 Å². The predicted molar refractivity (Wildman–Crippen MR) is 60.6 cm³/mol. The molecule has 0 fully saturated rings. The molecule has 15 heavy (non-hydrogen) atoms. The van der Waals surface area contributed by atoms with Gasteiger partial charge in [0.05, 0.1) is 6.61 Å². The second kappa shape index (κ2) is 6.58. The van der Waals surface area contributed by atoms with Crippen molar-refractivity contribution in [3.8, 4) is 0 Å². The quantitative estimate of drug-likeness (QED) is 0.686. The van der Waals surface area contributed by atoms with E-state index >= 15 is 0 Å². The minimum Gasteiger partial charge on any atom is -0.379 e. The Hall–Kier alpha value is -0.870. The van der Waals surface area contributed by atoms with Crippen LogP contribution >= 0.6 is 0 Å². The number of hydrogen-bond donors (Lipinski definition) is 1. The first-order chi connectivity index (χ1) is 7.24. The summed E-state index contributed by atoms with van der Waals surface area (Å²) in [5.74, 6) is 1.64. The van der Waals surface area contributed by atoms with E-state index in [2.05, 4.69) is 23.4 Å². The molecule has 0 saturated carbocycles. The van der Waals surface area contributed by atoms with Crippen LogP contribution in [-0.4, -0.2) is 29.3 Å². The second-order valence-electron chi connectivity index (χ2n) is 4.04. The van der Waals surface area contributed by atoms with Gasteiger partial charge >= 0.3 is 0 Å². The molecule has 1 aromatic rings. The Kier molecular flexibility index (Phi) is 5.36. The lowest BCUT2D eigenvalue weighted by Crippen LogP contribution is -2.13. The highest BCUT2D eigenvalue weighted by Crippen LogP contribution is 1.99. The lowest BCUT2D eigenvalue weighted by molar-refractivity contribution is 0.102. The second-order valence-corrected chi connectivity index (χ2v) is 4.04. The SMILES string of the molecule is CC(C)COCCn1ccnc1CCN. The van der Waals surface area contributed by atoms with Crippen LogP contribution in [-0.2, 0) is 17.7 Å². The molecule has 0 atom stereocenters. The van der Waals surface area contributed by atoms with Crippen LogP contribution in [0.4, 0.5) is 0 Å². The minimum absolute atomic E-state index is 0.594. The summed E-state index contributed by atoms with van der Waals surface area (Å²) < 4.78 is 7.63. The number of imidazole rings is 1. The van der Waals surface area contributed by atoms with Gasteiger partial charge in [0.2, 0.25) is 0 Å². The van der Waals surface area contributed by atoms with Crippen LogP contribution in [0.15, 0.2) is 12.4 Å². The molecule has 4 heteroatoms. The lowest BCUT2D eigenvalue weighted by atomic mass is 10.2. The van der Waals surface area contributed by atoms with Crippen molar-refractivity contribution in [3.05, 3.63) is 18.2 Å². The third-order valence-corrected chi connectivity index (χ3v) is 2.10. The number of hydrogen-bond acceptors (Lipinski definition) is 3. The highest BCUT2D eigenvalue weighted by molar-refractivity contribution is 4.92. The molecule has 0 aromatic carbocycles. The van der Waals surface area contributed by atoms with Gasteiger partial charge in [-0.25, -0.2) is 4.98 Å². The maximum Gasteiger partial charge on any atom is 0.109 e. The van der Waals surface area contributed by atoms with Crippen molar-refractivity contribution < 1.29 is 4.74 Å². The molecule has 1 rings (SSSR count). The van der Waals surface area contributed by atoms with E-state index in [1.165, 1.54) is 0 Å². The standard InChI is InChI=1S/C11H21N3O/c1-10(2)9-15-8-7-14-6-5-13-11(14)3-4-12/h5-6,10H,3-4,7-9,12H2,1-2H3. The summed E-state index contributed by atoms with van der Waals surface area (Å²) in [7, 11) is 0. The van der Waals surface area contributed by atoms with Crippen LogP contribution in [0.5, 0.6) is 0 Å². The van der Waals surface area contributed by atoms with Gasteiger partial charge in [-0.3, -0.25) is 0 Å². The Labute approximate surface area is 91.4 Å². The normalized spacial score (nSPS) is 11.2. The number of aromatic nitrogens is 2. The summed E-state index contributed by atoms with van der Waals surface area (Å²) in [6.07, 6.45) is 4.62. The van der Waals surface area contributed by atoms with Crippen LogP contribution in [0.25, 0.3) is 0 Å². The first-order valence-electron chi connectivity index (χ1n) is 5.52. The molecular weight excluding hydrogens is 190 g/mol. The summed E-state index contributed by atoms with van der Waals surface area (Å²) in [6.45, 7) is 7.37. The molecule has 86 valence electrons. The maximum absolute atomic E-state index is 5.52. The monoisotopic (exact) mass is 211 g/mol. The number of nitrogens with zero attached hydrogens (tertiary/aromatic N) is 2. The largest absolute Gasteiger partial charge is 0.379 e. The van der Waals surface area contributed by atoms with E-state index in [1.807, 2.05) is 12.4 Å². The van der Waals surface area contributed by atoms with Gasteiger partial charge in [0.25, 0.3) is 0 Å². The van der Waals surface area contributed by atoms with Gasteiger partial charge in [0.15, 0.2) is 0 Å². The zero-order valence-electron chi connectivity index (χ0n) is 9.65. The van der Waals surface area contributed by atoms with Gasteiger partial charge in [-0.2, -0.15) is 0 Å². The van der Waals surface area contributed by atoms with E-state index in [-0.39, 0.29) is 0 Å². The lowest BCUT2D eigenvalue weighted by Gasteiger charge is -2.09. The number of nitrogens with two attached hydrogens (primary N) is 1. The molecular formula is C11H21N3O. The van der Waals surface area contributed by atoms with E-state index in [1.54, 1.807) is 0 Å². The van der Waals surface area contributed by atoms with E-state index in [0.717, 1.165) is 32.0 Å². The van der Waals surface area contributed by atoms with Crippen molar-refractivity contribution in [3.63, 3.8) is 0 Å². The Morgan fingerprint density at radius 2 is 2.33 bits per heavy atom. The smallest absolute Gasteiger partial charge is 0.109 e. The Morgan fingerprint density at radius 1 is 1.53 bits per heavy atom. The average Bonchev–Trinajstić information content (AvgIpc) is 2.61. The molecule has 0 spiro atoms. The van der Waals surface area contributed by atoms with Crippen molar-refractivity contribution in [1.29, 1.82) is 0 Å². The van der Waals surface area contributed by atoms with E-state index in [0.29, 0.717) is 12.5 Å². The molecule has 1 aromatic heterocycles. The van der Waals surface area contributed by atoms with Gasteiger partial charge < -0.3 is 15.0 Å². The van der Waals surface area contributed by atoms with Crippen LogP contribution in [0.2, 0.25) is 0 Å². The van der Waals surface area contributed by atoms with Gasteiger partial charge in [-0.1, -0.05) is 13.8 Å². The summed E-state index contributed by atoms with van der Waals surface area (Å²) in [4.78, 5) is 4.25. The third-order valence-electron chi connectivity index (χ3n) is 2.10. The molecule has 0 amide bonds. The molecule has 0 aliphatic carbocycles. The van der Waals surface area contributed by atoms with Crippen LogP contribution < -0.4 is 5.73 Å². The average molecular weight is 211 g/mol. The van der Waals surface area contributed by atoms with Gasteiger partial charge in [0, 0.05) is 32.0 Å². The van der Waals surface area contributed by atoms with Crippen molar-refractivity contribution in [1.82, 2.24) is 9.55 Å². The molecule has 4 nitrogen and oxygen atoms in total. The Morgan fingerprint density at radius 3 is 3.00 bits per heavy atom. The fourth-order valence-electron chi connectivity index (χ4n) is 1.38. The molecule has 0 unspecified atom stereocenters. The Balaban J connectivity index is 2.27. The van der Waals surface area contributed by atoms with E-state index in [4.69, 9.17) is 10.5 Å².